The molecule has 0 spiro atoms. The van der Waals surface area contributed by atoms with Crippen LogP contribution in [-0.2, 0) is 28.6 Å². The molecule has 0 rings (SSSR count). The maximum atomic E-state index is 12.8. The van der Waals surface area contributed by atoms with E-state index in [1.54, 1.807) is 0 Å². The number of carbonyl (C=O) groups excluding carboxylic acids is 3. The van der Waals surface area contributed by atoms with Crippen LogP contribution in [0.4, 0.5) is 0 Å². The number of carbonyl (C=O) groups is 3. The monoisotopic (exact) mass is 877 g/mol. The molecule has 0 aliphatic rings. The van der Waals surface area contributed by atoms with Crippen LogP contribution in [0, 0.1) is 11.8 Å². The van der Waals surface area contributed by atoms with E-state index >= 15 is 0 Å². The Labute approximate surface area is 387 Å². The van der Waals surface area contributed by atoms with E-state index in [1.807, 2.05) is 0 Å². The second-order valence-corrected chi connectivity index (χ2v) is 19.9. The molecule has 0 aromatic carbocycles. The summed E-state index contributed by atoms with van der Waals surface area (Å²) in [5.74, 6) is 0.861. The van der Waals surface area contributed by atoms with Gasteiger partial charge in [-0.3, -0.25) is 14.4 Å². The quantitative estimate of drug-likeness (QED) is 0.0344. The number of hydrogen-bond acceptors (Lipinski definition) is 6. The van der Waals surface area contributed by atoms with Crippen molar-refractivity contribution in [2.24, 2.45) is 11.8 Å². The average Bonchev–Trinajstić information content (AvgIpc) is 3.26. The summed E-state index contributed by atoms with van der Waals surface area (Å²) in [4.78, 5) is 38.1. The van der Waals surface area contributed by atoms with Gasteiger partial charge in [-0.25, -0.2) is 0 Å². The minimum atomic E-state index is -0.762. The lowest BCUT2D eigenvalue weighted by Gasteiger charge is -2.18. The minimum absolute atomic E-state index is 0.0632. The van der Waals surface area contributed by atoms with Gasteiger partial charge in [0, 0.05) is 19.3 Å². The summed E-state index contributed by atoms with van der Waals surface area (Å²) >= 11 is 0. The van der Waals surface area contributed by atoms with Gasteiger partial charge in [0.1, 0.15) is 13.2 Å². The predicted octanol–water partition coefficient (Wildman–Crippen LogP) is 18.1. The van der Waals surface area contributed by atoms with E-state index < -0.39 is 6.10 Å². The number of hydrogen-bond donors (Lipinski definition) is 0. The van der Waals surface area contributed by atoms with Crippen LogP contribution in [0.2, 0.25) is 0 Å². The van der Waals surface area contributed by atoms with Crippen molar-refractivity contribution in [3.63, 3.8) is 0 Å². The molecular formula is C56H108O6. The zero-order chi connectivity index (χ0) is 45.4. The summed E-state index contributed by atoms with van der Waals surface area (Å²) in [6, 6.07) is 0. The lowest BCUT2D eigenvalue weighted by Crippen LogP contribution is -2.30. The van der Waals surface area contributed by atoms with Crippen molar-refractivity contribution in [3.8, 4) is 0 Å². The van der Waals surface area contributed by atoms with Crippen LogP contribution in [0.1, 0.15) is 311 Å². The Hall–Kier alpha value is -1.59. The van der Waals surface area contributed by atoms with Gasteiger partial charge in [-0.2, -0.15) is 0 Å². The molecule has 0 radical (unpaired) electrons. The third kappa shape index (κ3) is 47.9. The van der Waals surface area contributed by atoms with Crippen LogP contribution in [0.5, 0.6) is 0 Å². The average molecular weight is 877 g/mol. The van der Waals surface area contributed by atoms with Crippen molar-refractivity contribution < 1.29 is 28.6 Å². The Morgan fingerprint density at radius 1 is 0.339 bits per heavy atom. The molecule has 0 aliphatic carbocycles. The first-order valence-corrected chi connectivity index (χ1v) is 27.8. The summed E-state index contributed by atoms with van der Waals surface area (Å²) in [7, 11) is 0. The van der Waals surface area contributed by atoms with Crippen molar-refractivity contribution in [1.82, 2.24) is 0 Å². The van der Waals surface area contributed by atoms with Crippen molar-refractivity contribution in [3.05, 3.63) is 0 Å². The van der Waals surface area contributed by atoms with Crippen LogP contribution in [0.15, 0.2) is 0 Å². The van der Waals surface area contributed by atoms with Gasteiger partial charge in [0.15, 0.2) is 6.10 Å². The molecule has 6 heteroatoms. The SMILES string of the molecule is CCCCCCCCCCCCCCCCCC(=O)O[C@H](COC(=O)CCCCCCCCCCCCCCC(C)C)COC(=O)CCCCCCCCCCCCC(C)CC. The maximum Gasteiger partial charge on any atom is 0.306 e. The summed E-state index contributed by atoms with van der Waals surface area (Å²) in [5.41, 5.74) is 0. The van der Waals surface area contributed by atoms with Gasteiger partial charge < -0.3 is 14.2 Å². The first-order valence-electron chi connectivity index (χ1n) is 27.8. The minimum Gasteiger partial charge on any atom is -0.462 e. The van der Waals surface area contributed by atoms with Crippen LogP contribution in [0.3, 0.4) is 0 Å². The smallest absolute Gasteiger partial charge is 0.306 e. The van der Waals surface area contributed by atoms with Gasteiger partial charge >= 0.3 is 17.9 Å². The van der Waals surface area contributed by atoms with E-state index in [2.05, 4.69) is 34.6 Å². The molecule has 62 heavy (non-hydrogen) atoms. The zero-order valence-corrected chi connectivity index (χ0v) is 42.5. The molecule has 0 bridgehead atoms. The number of unbranched alkanes of at least 4 members (excludes halogenated alkanes) is 34. The van der Waals surface area contributed by atoms with Gasteiger partial charge in [-0.1, -0.05) is 272 Å². The second-order valence-electron chi connectivity index (χ2n) is 19.9. The Morgan fingerprint density at radius 2 is 0.613 bits per heavy atom. The van der Waals surface area contributed by atoms with E-state index in [1.165, 1.54) is 199 Å². The standard InChI is InChI=1S/C56H108O6/c1-6-8-9-10-11-12-13-14-15-16-21-28-33-38-43-48-56(59)62-53(50-61-55(58)47-42-37-32-27-23-22-25-30-35-40-45-52(5)7-2)49-60-54(57)46-41-36-31-26-20-18-17-19-24-29-34-39-44-51(3)4/h51-53H,6-50H2,1-5H3/t52?,53-/m1/s1. The molecular weight excluding hydrogens is 769 g/mol. The summed E-state index contributed by atoms with van der Waals surface area (Å²) < 4.78 is 16.9. The Kier molecular flexibility index (Phi) is 47.6. The fourth-order valence-corrected chi connectivity index (χ4v) is 8.49. The van der Waals surface area contributed by atoms with Gasteiger partial charge in [-0.15, -0.1) is 0 Å². The van der Waals surface area contributed by atoms with E-state index in [9.17, 15) is 14.4 Å². The Balaban J connectivity index is 4.32. The highest BCUT2D eigenvalue weighted by Gasteiger charge is 2.19. The van der Waals surface area contributed by atoms with E-state index in [4.69, 9.17) is 14.2 Å². The molecule has 0 amide bonds. The molecule has 0 fully saturated rings. The van der Waals surface area contributed by atoms with Crippen molar-refractivity contribution in [2.75, 3.05) is 13.2 Å². The number of ether oxygens (including phenoxy) is 3. The molecule has 1 unspecified atom stereocenters. The first-order chi connectivity index (χ1) is 30.3. The fraction of sp³-hybridized carbons (Fsp3) is 0.946. The van der Waals surface area contributed by atoms with Crippen LogP contribution in [0.25, 0.3) is 0 Å². The highest BCUT2D eigenvalue weighted by atomic mass is 16.6. The topological polar surface area (TPSA) is 78.9 Å². The van der Waals surface area contributed by atoms with Crippen LogP contribution >= 0.6 is 0 Å². The summed E-state index contributed by atoms with van der Waals surface area (Å²) in [6.45, 7) is 11.4. The van der Waals surface area contributed by atoms with E-state index in [0.717, 1.165) is 69.6 Å². The first kappa shape index (κ1) is 60.4. The van der Waals surface area contributed by atoms with Gasteiger partial charge in [0.25, 0.3) is 0 Å². The molecule has 0 saturated heterocycles. The molecule has 0 aliphatic heterocycles. The Morgan fingerprint density at radius 3 is 0.919 bits per heavy atom. The third-order valence-corrected chi connectivity index (χ3v) is 13.1. The normalized spacial score (nSPS) is 12.5. The van der Waals surface area contributed by atoms with Crippen LogP contribution in [-0.4, -0.2) is 37.2 Å². The predicted molar refractivity (Wildman–Crippen MR) is 266 cm³/mol. The molecule has 0 saturated carbocycles. The van der Waals surface area contributed by atoms with Gasteiger partial charge in [0.2, 0.25) is 0 Å². The maximum absolute atomic E-state index is 12.8. The summed E-state index contributed by atoms with van der Waals surface area (Å²) in [6.07, 6.45) is 50.8. The molecule has 2 atom stereocenters. The third-order valence-electron chi connectivity index (χ3n) is 13.1. The largest absolute Gasteiger partial charge is 0.462 e. The molecule has 368 valence electrons. The van der Waals surface area contributed by atoms with Crippen molar-refractivity contribution in [1.29, 1.82) is 0 Å². The van der Waals surface area contributed by atoms with Crippen molar-refractivity contribution >= 4 is 17.9 Å². The second kappa shape index (κ2) is 48.9. The van der Waals surface area contributed by atoms with Crippen molar-refractivity contribution in [2.45, 2.75) is 317 Å². The lowest BCUT2D eigenvalue weighted by atomic mass is 9.99. The number of rotatable bonds is 50. The zero-order valence-electron chi connectivity index (χ0n) is 42.5. The fourth-order valence-electron chi connectivity index (χ4n) is 8.49. The van der Waals surface area contributed by atoms with Crippen LogP contribution < -0.4 is 0 Å². The van der Waals surface area contributed by atoms with E-state index in [-0.39, 0.29) is 31.1 Å². The van der Waals surface area contributed by atoms with E-state index in [0.29, 0.717) is 19.3 Å². The number of esters is 3. The molecule has 0 N–H and O–H groups in total. The highest BCUT2D eigenvalue weighted by molar-refractivity contribution is 5.71. The Bertz CT molecular complexity index is 949. The molecule has 0 heterocycles. The summed E-state index contributed by atoms with van der Waals surface area (Å²) in [5, 5.41) is 0. The lowest BCUT2D eigenvalue weighted by molar-refractivity contribution is -0.167. The van der Waals surface area contributed by atoms with Gasteiger partial charge in [-0.05, 0) is 31.1 Å². The van der Waals surface area contributed by atoms with Gasteiger partial charge in [0.05, 0.1) is 0 Å². The molecule has 0 aromatic heterocycles. The molecule has 0 aromatic rings. The molecule has 6 nitrogen and oxygen atoms in total. The highest BCUT2D eigenvalue weighted by Crippen LogP contribution is 2.18.